The second kappa shape index (κ2) is 7.07. The van der Waals surface area contributed by atoms with Crippen LogP contribution in [0.25, 0.3) is 10.1 Å². The number of halogens is 1. The highest BCUT2D eigenvalue weighted by Gasteiger charge is 2.15. The van der Waals surface area contributed by atoms with Crippen molar-refractivity contribution in [2.24, 2.45) is 0 Å². The van der Waals surface area contributed by atoms with E-state index in [1.54, 1.807) is 11.3 Å². The number of benzene rings is 1. The highest BCUT2D eigenvalue weighted by atomic mass is 35.5. The van der Waals surface area contributed by atoms with E-state index in [0.29, 0.717) is 6.04 Å². The molecule has 2 heterocycles. The van der Waals surface area contributed by atoms with Crippen molar-refractivity contribution in [3.05, 3.63) is 34.2 Å². The fraction of sp³-hybridized carbons (Fsp3) is 0.500. The summed E-state index contributed by atoms with van der Waals surface area (Å²) in [4.78, 5) is 3.68. The predicted octanol–water partition coefficient (Wildman–Crippen LogP) is 3.37. The third kappa shape index (κ3) is 3.76. The summed E-state index contributed by atoms with van der Waals surface area (Å²) in [7, 11) is 0. The normalized spacial score (nSPS) is 18.2. The van der Waals surface area contributed by atoms with Crippen molar-refractivity contribution in [2.45, 2.75) is 19.5 Å². The molecule has 5 heteroatoms. The van der Waals surface area contributed by atoms with E-state index in [1.807, 2.05) is 6.07 Å². The van der Waals surface area contributed by atoms with Gasteiger partial charge in [0.15, 0.2) is 0 Å². The van der Waals surface area contributed by atoms with Crippen molar-refractivity contribution in [1.29, 1.82) is 0 Å². The molecule has 0 radical (unpaired) electrons. The summed E-state index contributed by atoms with van der Waals surface area (Å²) in [6.45, 7) is 7.92. The number of nitrogens with zero attached hydrogens (tertiary/aromatic N) is 1. The molecule has 0 spiro atoms. The largest absolute Gasteiger partial charge is 0.379 e. The first-order valence-corrected chi connectivity index (χ1v) is 8.63. The number of ether oxygens (including phenoxy) is 1. The first-order chi connectivity index (χ1) is 10.2. The van der Waals surface area contributed by atoms with Crippen molar-refractivity contribution < 1.29 is 4.74 Å². The molecule has 0 amide bonds. The highest BCUT2D eigenvalue weighted by Crippen LogP contribution is 2.34. The van der Waals surface area contributed by atoms with Crippen LogP contribution in [-0.4, -0.2) is 43.8 Å². The van der Waals surface area contributed by atoms with E-state index in [0.717, 1.165) is 44.4 Å². The van der Waals surface area contributed by atoms with Crippen LogP contribution in [0.5, 0.6) is 0 Å². The Bertz CT molecular complexity index is 595. The lowest BCUT2D eigenvalue weighted by Gasteiger charge is -2.29. The molecule has 1 saturated heterocycles. The van der Waals surface area contributed by atoms with Crippen LogP contribution < -0.4 is 5.32 Å². The van der Waals surface area contributed by atoms with Gasteiger partial charge in [0.1, 0.15) is 0 Å². The summed E-state index contributed by atoms with van der Waals surface area (Å²) < 4.78 is 6.65. The summed E-state index contributed by atoms with van der Waals surface area (Å²) in [5.41, 5.74) is 0. The third-order valence-electron chi connectivity index (χ3n) is 3.85. The quantitative estimate of drug-likeness (QED) is 0.912. The molecule has 3 rings (SSSR count). The standard InChI is InChI=1S/C16H21ClN2OS/c1-12(11-19-6-8-20-9-7-19)18-10-15-16(17)13-4-2-3-5-14(13)21-15/h2-5,12,18H,6-11H2,1H3. The van der Waals surface area contributed by atoms with Gasteiger partial charge in [0.25, 0.3) is 0 Å². The smallest absolute Gasteiger partial charge is 0.0636 e. The minimum atomic E-state index is 0.448. The van der Waals surface area contributed by atoms with Crippen molar-refractivity contribution in [3.63, 3.8) is 0 Å². The molecule has 21 heavy (non-hydrogen) atoms. The lowest BCUT2D eigenvalue weighted by Crippen LogP contribution is -2.44. The molecule has 1 atom stereocenters. The fourth-order valence-corrected chi connectivity index (χ4v) is 4.13. The number of nitrogens with one attached hydrogen (secondary N) is 1. The fourth-order valence-electron chi connectivity index (χ4n) is 2.68. The minimum Gasteiger partial charge on any atom is -0.379 e. The van der Waals surface area contributed by atoms with Gasteiger partial charge in [-0.1, -0.05) is 29.8 Å². The van der Waals surface area contributed by atoms with E-state index in [9.17, 15) is 0 Å². The van der Waals surface area contributed by atoms with Gasteiger partial charge in [-0.2, -0.15) is 0 Å². The Morgan fingerprint density at radius 3 is 2.86 bits per heavy atom. The number of rotatable bonds is 5. The molecule has 2 aromatic rings. The molecule has 1 unspecified atom stereocenters. The Kier molecular flexibility index (Phi) is 5.14. The average Bonchev–Trinajstić information content (AvgIpc) is 2.83. The minimum absolute atomic E-state index is 0.448. The van der Waals surface area contributed by atoms with E-state index >= 15 is 0 Å². The topological polar surface area (TPSA) is 24.5 Å². The van der Waals surface area contributed by atoms with E-state index in [2.05, 4.69) is 35.3 Å². The summed E-state index contributed by atoms with van der Waals surface area (Å²) >= 11 is 8.26. The van der Waals surface area contributed by atoms with E-state index in [1.165, 1.54) is 15.0 Å². The molecule has 0 bridgehead atoms. The Labute approximate surface area is 134 Å². The Morgan fingerprint density at radius 2 is 2.10 bits per heavy atom. The van der Waals surface area contributed by atoms with Crippen LogP contribution in [0.3, 0.4) is 0 Å². The molecule has 0 aliphatic carbocycles. The first kappa shape index (κ1) is 15.3. The monoisotopic (exact) mass is 324 g/mol. The SMILES string of the molecule is CC(CN1CCOCC1)NCc1sc2ccccc2c1Cl. The van der Waals surface area contributed by atoms with Gasteiger partial charge in [0, 0.05) is 47.2 Å². The third-order valence-corrected chi connectivity index (χ3v) is 5.56. The lowest BCUT2D eigenvalue weighted by molar-refractivity contribution is 0.0343. The van der Waals surface area contributed by atoms with Crippen LogP contribution in [-0.2, 0) is 11.3 Å². The molecule has 1 aliphatic rings. The number of fused-ring (bicyclic) bond motifs is 1. The Hall–Kier alpha value is -0.650. The molecule has 0 saturated carbocycles. The molecular weight excluding hydrogens is 304 g/mol. The van der Waals surface area contributed by atoms with Crippen LogP contribution >= 0.6 is 22.9 Å². The van der Waals surface area contributed by atoms with Gasteiger partial charge in [-0.3, -0.25) is 4.90 Å². The van der Waals surface area contributed by atoms with Gasteiger partial charge in [-0.25, -0.2) is 0 Å². The van der Waals surface area contributed by atoms with E-state index in [4.69, 9.17) is 16.3 Å². The zero-order chi connectivity index (χ0) is 14.7. The van der Waals surface area contributed by atoms with Gasteiger partial charge >= 0.3 is 0 Å². The zero-order valence-corrected chi connectivity index (χ0v) is 13.8. The molecule has 1 N–H and O–H groups in total. The van der Waals surface area contributed by atoms with Crippen molar-refractivity contribution in [1.82, 2.24) is 10.2 Å². The molecule has 1 aromatic heterocycles. The maximum Gasteiger partial charge on any atom is 0.0636 e. The van der Waals surface area contributed by atoms with Gasteiger partial charge in [0.2, 0.25) is 0 Å². The molecule has 114 valence electrons. The average molecular weight is 325 g/mol. The van der Waals surface area contributed by atoms with Gasteiger partial charge < -0.3 is 10.1 Å². The molecule has 1 aliphatic heterocycles. The summed E-state index contributed by atoms with van der Waals surface area (Å²) in [5.74, 6) is 0. The maximum absolute atomic E-state index is 6.48. The Balaban J connectivity index is 1.56. The second-order valence-electron chi connectivity index (χ2n) is 5.53. The molecule has 3 nitrogen and oxygen atoms in total. The van der Waals surface area contributed by atoms with Gasteiger partial charge in [-0.15, -0.1) is 11.3 Å². The summed E-state index contributed by atoms with van der Waals surface area (Å²) in [6.07, 6.45) is 0. The lowest BCUT2D eigenvalue weighted by atomic mass is 10.2. The van der Waals surface area contributed by atoms with E-state index < -0.39 is 0 Å². The number of hydrogen-bond donors (Lipinski definition) is 1. The van der Waals surface area contributed by atoms with Crippen LogP contribution in [0.15, 0.2) is 24.3 Å². The van der Waals surface area contributed by atoms with Crippen molar-refractivity contribution >= 4 is 33.0 Å². The number of hydrogen-bond acceptors (Lipinski definition) is 4. The van der Waals surface area contributed by atoms with Crippen LogP contribution in [0.1, 0.15) is 11.8 Å². The van der Waals surface area contributed by atoms with E-state index in [-0.39, 0.29) is 0 Å². The maximum atomic E-state index is 6.48. The zero-order valence-electron chi connectivity index (χ0n) is 12.3. The second-order valence-corrected chi connectivity index (χ2v) is 7.05. The van der Waals surface area contributed by atoms with Crippen LogP contribution in [0.2, 0.25) is 5.02 Å². The number of thiophene rings is 1. The van der Waals surface area contributed by atoms with Crippen molar-refractivity contribution in [3.8, 4) is 0 Å². The number of morpholine rings is 1. The summed E-state index contributed by atoms with van der Waals surface area (Å²) in [5, 5.41) is 5.66. The molecule has 1 fully saturated rings. The highest BCUT2D eigenvalue weighted by molar-refractivity contribution is 7.19. The molecular formula is C16H21ClN2OS. The van der Waals surface area contributed by atoms with Gasteiger partial charge in [-0.05, 0) is 13.0 Å². The summed E-state index contributed by atoms with van der Waals surface area (Å²) in [6, 6.07) is 8.78. The van der Waals surface area contributed by atoms with Crippen LogP contribution in [0, 0.1) is 0 Å². The Morgan fingerprint density at radius 1 is 1.33 bits per heavy atom. The van der Waals surface area contributed by atoms with Gasteiger partial charge in [0.05, 0.1) is 18.2 Å². The molecule has 1 aromatic carbocycles. The van der Waals surface area contributed by atoms with Crippen molar-refractivity contribution in [2.75, 3.05) is 32.8 Å². The first-order valence-electron chi connectivity index (χ1n) is 7.43. The predicted molar refractivity (Wildman–Crippen MR) is 90.4 cm³/mol. The van der Waals surface area contributed by atoms with Crippen LogP contribution in [0.4, 0.5) is 0 Å².